The van der Waals surface area contributed by atoms with Crippen LogP contribution in [0.25, 0.3) is 11.4 Å². The van der Waals surface area contributed by atoms with Crippen LogP contribution in [0.3, 0.4) is 0 Å². The summed E-state index contributed by atoms with van der Waals surface area (Å²) in [6.07, 6.45) is 1.61. The number of nitrogens with zero attached hydrogens (tertiary/aromatic N) is 3. The van der Waals surface area contributed by atoms with Crippen LogP contribution in [0.15, 0.2) is 42.5 Å². The molecule has 0 unspecified atom stereocenters. The maximum absolute atomic E-state index is 13.0. The predicted octanol–water partition coefficient (Wildman–Crippen LogP) is 4.58. The minimum atomic E-state index is 0.00757. The van der Waals surface area contributed by atoms with Gasteiger partial charge < -0.3 is 9.47 Å². The third kappa shape index (κ3) is 4.44. The summed E-state index contributed by atoms with van der Waals surface area (Å²) >= 11 is 11.4. The van der Waals surface area contributed by atoms with Gasteiger partial charge in [0.2, 0.25) is 4.77 Å². The van der Waals surface area contributed by atoms with Gasteiger partial charge in [0.25, 0.3) is 0 Å². The topological polar surface area (TPSA) is 72.4 Å². The number of piperidine rings is 1. The molecule has 1 aromatic heterocycles. The maximum Gasteiger partial charge on any atom is 0.217 e. The molecule has 0 amide bonds. The van der Waals surface area contributed by atoms with Crippen LogP contribution in [-0.2, 0) is 6.67 Å². The highest BCUT2D eigenvalue weighted by Crippen LogP contribution is 2.32. The number of likely N-dealkylation sites (tertiary alicyclic amines) is 1. The van der Waals surface area contributed by atoms with Crippen molar-refractivity contribution in [3.63, 3.8) is 0 Å². The van der Waals surface area contributed by atoms with Gasteiger partial charge in [-0.3, -0.25) is 14.8 Å². The molecule has 2 aromatic carbocycles. The lowest BCUT2D eigenvalue weighted by Crippen LogP contribution is -2.37. The Morgan fingerprint density at radius 2 is 1.81 bits per heavy atom. The first-order valence-corrected chi connectivity index (χ1v) is 11.4. The number of hydrogen-bond donors (Lipinski definition) is 1. The number of halogens is 1. The molecular formula is C23H23ClN4O3S. The SMILES string of the molecule is O=C(c1ccc2c(c1)OCCO2)C1CCN(Cn2[nH]c(-c3ccc(Cl)cc3)nc2=S)CC1. The van der Waals surface area contributed by atoms with Crippen LogP contribution in [0.1, 0.15) is 23.2 Å². The lowest BCUT2D eigenvalue weighted by Gasteiger charge is -2.31. The van der Waals surface area contributed by atoms with Crippen LogP contribution >= 0.6 is 23.8 Å². The third-order valence-corrected chi connectivity index (χ3v) is 6.49. The maximum atomic E-state index is 13.0. The molecule has 9 heteroatoms. The number of fused-ring (bicyclic) bond motifs is 1. The summed E-state index contributed by atoms with van der Waals surface area (Å²) < 4.78 is 13.5. The number of hydrogen-bond acceptors (Lipinski definition) is 6. The lowest BCUT2D eigenvalue weighted by atomic mass is 9.89. The van der Waals surface area contributed by atoms with E-state index in [0.717, 1.165) is 37.3 Å². The minimum absolute atomic E-state index is 0.00757. The number of aromatic nitrogens is 3. The molecule has 3 heterocycles. The highest BCUT2D eigenvalue weighted by molar-refractivity contribution is 7.71. The Kier molecular flexibility index (Phi) is 5.99. The van der Waals surface area contributed by atoms with E-state index < -0.39 is 0 Å². The van der Waals surface area contributed by atoms with Gasteiger partial charge in [-0.25, -0.2) is 4.68 Å². The van der Waals surface area contributed by atoms with Crippen LogP contribution in [0.2, 0.25) is 5.02 Å². The van der Waals surface area contributed by atoms with E-state index in [4.69, 9.17) is 33.3 Å². The highest BCUT2D eigenvalue weighted by atomic mass is 35.5. The molecule has 2 aliphatic heterocycles. The van der Waals surface area contributed by atoms with Crippen LogP contribution in [0.5, 0.6) is 11.5 Å². The monoisotopic (exact) mass is 470 g/mol. The van der Waals surface area contributed by atoms with Crippen molar-refractivity contribution in [1.29, 1.82) is 0 Å². The molecule has 0 aliphatic carbocycles. The largest absolute Gasteiger partial charge is 0.486 e. The summed E-state index contributed by atoms with van der Waals surface area (Å²) in [5, 5.41) is 3.96. The number of carbonyl (C=O) groups is 1. The van der Waals surface area contributed by atoms with Crippen molar-refractivity contribution in [2.45, 2.75) is 19.5 Å². The predicted molar refractivity (Wildman–Crippen MR) is 124 cm³/mol. The molecular weight excluding hydrogens is 448 g/mol. The molecule has 2 aliphatic rings. The van der Waals surface area contributed by atoms with Crippen LogP contribution in [0, 0.1) is 10.7 Å². The Hall–Kier alpha value is -2.68. The summed E-state index contributed by atoms with van der Waals surface area (Å²) in [6, 6.07) is 13.0. The summed E-state index contributed by atoms with van der Waals surface area (Å²) in [4.78, 5) is 19.8. The Bertz CT molecular complexity index is 1180. The zero-order valence-electron chi connectivity index (χ0n) is 17.4. The fraction of sp³-hybridized carbons (Fsp3) is 0.348. The molecule has 1 saturated heterocycles. The molecule has 166 valence electrons. The number of aromatic amines is 1. The molecule has 7 nitrogen and oxygen atoms in total. The summed E-state index contributed by atoms with van der Waals surface area (Å²) in [7, 11) is 0. The van der Waals surface area contributed by atoms with Gasteiger partial charge in [-0.2, -0.15) is 4.98 Å². The van der Waals surface area contributed by atoms with Crippen LogP contribution in [0.4, 0.5) is 0 Å². The van der Waals surface area contributed by atoms with E-state index in [2.05, 4.69) is 15.0 Å². The number of ether oxygens (including phenoxy) is 2. The molecule has 5 rings (SSSR count). The van der Waals surface area contributed by atoms with E-state index in [0.29, 0.717) is 46.7 Å². The zero-order valence-corrected chi connectivity index (χ0v) is 19.0. The van der Waals surface area contributed by atoms with E-state index in [1.807, 2.05) is 47.1 Å². The van der Waals surface area contributed by atoms with E-state index in [1.54, 1.807) is 0 Å². The van der Waals surface area contributed by atoms with Crippen molar-refractivity contribution in [2.75, 3.05) is 26.3 Å². The number of Topliss-reactive ketones (excluding diaryl/α,β-unsaturated/α-hetero) is 1. The Morgan fingerprint density at radius 3 is 2.56 bits per heavy atom. The molecule has 0 spiro atoms. The second-order valence-electron chi connectivity index (χ2n) is 8.05. The Balaban J connectivity index is 1.20. The van der Waals surface area contributed by atoms with Gasteiger partial charge in [0.05, 0.1) is 6.67 Å². The first-order chi connectivity index (χ1) is 15.6. The van der Waals surface area contributed by atoms with Crippen molar-refractivity contribution >= 4 is 29.6 Å². The van der Waals surface area contributed by atoms with Gasteiger partial charge in [-0.15, -0.1) is 0 Å². The zero-order chi connectivity index (χ0) is 22.1. The number of rotatable bonds is 5. The second kappa shape index (κ2) is 9.05. The molecule has 0 atom stereocenters. The first kappa shape index (κ1) is 21.2. The van der Waals surface area contributed by atoms with Crippen LogP contribution < -0.4 is 9.47 Å². The number of nitrogens with one attached hydrogen (secondary N) is 1. The molecule has 1 N–H and O–H groups in total. The smallest absolute Gasteiger partial charge is 0.217 e. The standard InChI is InChI=1S/C23H23ClN4O3S/c24-18-4-1-16(2-5-18)22-25-23(32)28(26-22)14-27-9-7-15(8-10-27)21(29)17-3-6-19-20(13-17)31-12-11-30-19/h1-6,13,15H,7-12,14H2,(H,25,26,32). The molecule has 0 bridgehead atoms. The van der Waals surface area contributed by atoms with Crippen molar-refractivity contribution in [1.82, 2.24) is 19.7 Å². The molecule has 32 heavy (non-hydrogen) atoms. The van der Waals surface area contributed by atoms with Gasteiger partial charge in [0, 0.05) is 35.2 Å². The number of H-pyrrole nitrogens is 1. The van der Waals surface area contributed by atoms with Crippen LogP contribution in [-0.4, -0.2) is 51.8 Å². The quantitative estimate of drug-likeness (QED) is 0.434. The highest BCUT2D eigenvalue weighted by Gasteiger charge is 2.27. The van der Waals surface area contributed by atoms with E-state index >= 15 is 0 Å². The van der Waals surface area contributed by atoms with Crippen molar-refractivity contribution in [3.05, 3.63) is 57.8 Å². The average Bonchev–Trinajstić information content (AvgIpc) is 3.19. The van der Waals surface area contributed by atoms with Gasteiger partial charge >= 0.3 is 0 Å². The summed E-state index contributed by atoms with van der Waals surface area (Å²) in [5.74, 6) is 2.26. The van der Waals surface area contributed by atoms with Crippen molar-refractivity contribution in [2.24, 2.45) is 5.92 Å². The Labute approximate surface area is 195 Å². The normalized spacial score (nSPS) is 16.8. The second-order valence-corrected chi connectivity index (χ2v) is 8.85. The number of ketones is 1. The number of benzene rings is 2. The lowest BCUT2D eigenvalue weighted by molar-refractivity contribution is 0.0802. The first-order valence-electron chi connectivity index (χ1n) is 10.7. The average molecular weight is 471 g/mol. The number of carbonyl (C=O) groups excluding carboxylic acids is 1. The molecule has 0 saturated carbocycles. The summed E-state index contributed by atoms with van der Waals surface area (Å²) in [6.45, 7) is 3.31. The van der Waals surface area contributed by atoms with E-state index in [-0.39, 0.29) is 11.7 Å². The van der Waals surface area contributed by atoms with Crippen molar-refractivity contribution < 1.29 is 14.3 Å². The van der Waals surface area contributed by atoms with Gasteiger partial charge in [-0.05, 0) is 67.5 Å². The van der Waals surface area contributed by atoms with Crippen molar-refractivity contribution in [3.8, 4) is 22.9 Å². The third-order valence-electron chi connectivity index (χ3n) is 5.92. The van der Waals surface area contributed by atoms with Gasteiger partial charge in [0.1, 0.15) is 13.2 Å². The molecule has 1 fully saturated rings. The molecule has 3 aromatic rings. The fourth-order valence-corrected chi connectivity index (χ4v) is 4.48. The van der Waals surface area contributed by atoms with E-state index in [1.165, 1.54) is 0 Å². The molecule has 0 radical (unpaired) electrons. The van der Waals surface area contributed by atoms with E-state index in [9.17, 15) is 4.79 Å². The van der Waals surface area contributed by atoms with Gasteiger partial charge in [0.15, 0.2) is 23.1 Å². The van der Waals surface area contributed by atoms with Gasteiger partial charge in [-0.1, -0.05) is 11.6 Å². The minimum Gasteiger partial charge on any atom is -0.486 e. The fourth-order valence-electron chi connectivity index (χ4n) is 4.16. The summed E-state index contributed by atoms with van der Waals surface area (Å²) in [5.41, 5.74) is 1.62. The Morgan fingerprint density at radius 1 is 1.09 bits per heavy atom.